The highest BCUT2D eigenvalue weighted by molar-refractivity contribution is 4.91. The van der Waals surface area contributed by atoms with E-state index >= 15 is 0 Å². The summed E-state index contributed by atoms with van der Waals surface area (Å²) in [7, 11) is 0. The van der Waals surface area contributed by atoms with Crippen molar-refractivity contribution in [1.82, 2.24) is 10.2 Å². The van der Waals surface area contributed by atoms with Crippen LogP contribution < -0.4 is 5.32 Å². The van der Waals surface area contributed by atoms with Crippen molar-refractivity contribution in [2.75, 3.05) is 26.2 Å². The third-order valence-corrected chi connectivity index (χ3v) is 3.16. The van der Waals surface area contributed by atoms with E-state index < -0.39 is 0 Å². The van der Waals surface area contributed by atoms with Crippen LogP contribution in [-0.2, 0) is 0 Å². The second-order valence-corrected chi connectivity index (χ2v) is 3.94. The predicted molar refractivity (Wildman–Crippen MR) is 51.2 cm³/mol. The van der Waals surface area contributed by atoms with E-state index in [-0.39, 0.29) is 0 Å². The van der Waals surface area contributed by atoms with Crippen molar-refractivity contribution >= 4 is 0 Å². The Labute approximate surface area is 74.6 Å². The summed E-state index contributed by atoms with van der Waals surface area (Å²) in [6.45, 7) is 8.66. The van der Waals surface area contributed by atoms with E-state index in [2.05, 4.69) is 16.8 Å². The van der Waals surface area contributed by atoms with Crippen molar-refractivity contribution in [3.63, 3.8) is 0 Å². The monoisotopic (exact) mass is 166 g/mol. The lowest BCUT2D eigenvalue weighted by Gasteiger charge is -2.30. The first-order chi connectivity index (χ1) is 5.90. The van der Waals surface area contributed by atoms with E-state index in [1.807, 2.05) is 6.08 Å². The van der Waals surface area contributed by atoms with Crippen LogP contribution >= 0.6 is 0 Å². The molecule has 0 aromatic rings. The zero-order valence-corrected chi connectivity index (χ0v) is 7.63. The Kier molecular flexibility index (Phi) is 2.47. The van der Waals surface area contributed by atoms with Crippen molar-refractivity contribution in [1.29, 1.82) is 0 Å². The molecule has 1 N–H and O–H groups in total. The maximum atomic E-state index is 3.73. The molecule has 0 aliphatic carbocycles. The Hall–Kier alpha value is -0.340. The minimum Gasteiger partial charge on any atom is -0.310 e. The molecule has 2 aliphatic heterocycles. The summed E-state index contributed by atoms with van der Waals surface area (Å²) in [5, 5.41) is 3.55. The van der Waals surface area contributed by atoms with Gasteiger partial charge in [0.1, 0.15) is 0 Å². The molecule has 2 heterocycles. The fraction of sp³-hybridized carbons (Fsp3) is 0.800. The van der Waals surface area contributed by atoms with Crippen LogP contribution in [0.5, 0.6) is 0 Å². The van der Waals surface area contributed by atoms with Gasteiger partial charge in [-0.25, -0.2) is 0 Å². The summed E-state index contributed by atoms with van der Waals surface area (Å²) in [6, 6.07) is 0.766. The maximum absolute atomic E-state index is 3.73. The highest BCUT2D eigenvalue weighted by Gasteiger charge is 2.33. The van der Waals surface area contributed by atoms with Gasteiger partial charge in [-0.3, -0.25) is 0 Å². The average Bonchev–Trinajstić information content (AvgIpc) is 2.48. The summed E-state index contributed by atoms with van der Waals surface area (Å²) in [5.41, 5.74) is 0. The topological polar surface area (TPSA) is 15.3 Å². The molecular formula is C10H18N2. The fourth-order valence-electron chi connectivity index (χ4n) is 2.45. The molecule has 0 saturated carbocycles. The molecule has 2 nitrogen and oxygen atoms in total. The lowest BCUT2D eigenvalue weighted by atomic mass is 9.94. The lowest BCUT2D eigenvalue weighted by molar-refractivity contribution is 0.225. The van der Waals surface area contributed by atoms with Crippen LogP contribution in [0.15, 0.2) is 12.7 Å². The first kappa shape index (κ1) is 8.27. The standard InChI is InChI=1S/C10H18N2/c1-2-5-11-10-4-7-12-6-3-9(10)8-12/h2,9-11H,1,3-8H2. The van der Waals surface area contributed by atoms with Gasteiger partial charge in [0.25, 0.3) is 0 Å². The molecular weight excluding hydrogens is 148 g/mol. The molecule has 2 bridgehead atoms. The highest BCUT2D eigenvalue weighted by Crippen LogP contribution is 2.26. The van der Waals surface area contributed by atoms with Gasteiger partial charge < -0.3 is 10.2 Å². The van der Waals surface area contributed by atoms with Crippen LogP contribution in [0.1, 0.15) is 12.8 Å². The smallest absolute Gasteiger partial charge is 0.0135 e. The van der Waals surface area contributed by atoms with E-state index in [0.717, 1.165) is 18.5 Å². The van der Waals surface area contributed by atoms with Gasteiger partial charge in [-0.2, -0.15) is 0 Å². The Morgan fingerprint density at radius 3 is 3.08 bits per heavy atom. The Morgan fingerprint density at radius 1 is 1.42 bits per heavy atom. The van der Waals surface area contributed by atoms with E-state index in [9.17, 15) is 0 Å². The number of fused-ring (bicyclic) bond motifs is 2. The number of nitrogens with one attached hydrogen (secondary N) is 1. The third-order valence-electron chi connectivity index (χ3n) is 3.16. The minimum atomic E-state index is 0.766. The van der Waals surface area contributed by atoms with Crippen LogP contribution in [0.4, 0.5) is 0 Å². The van der Waals surface area contributed by atoms with Crippen molar-refractivity contribution in [3.05, 3.63) is 12.7 Å². The van der Waals surface area contributed by atoms with E-state index in [1.165, 1.54) is 32.5 Å². The summed E-state index contributed by atoms with van der Waals surface area (Å²) in [6.07, 6.45) is 4.69. The van der Waals surface area contributed by atoms with Crippen LogP contribution in [-0.4, -0.2) is 37.1 Å². The molecule has 0 aromatic carbocycles. The first-order valence-electron chi connectivity index (χ1n) is 4.97. The van der Waals surface area contributed by atoms with E-state index in [0.29, 0.717) is 0 Å². The second-order valence-electron chi connectivity index (χ2n) is 3.94. The second kappa shape index (κ2) is 3.58. The predicted octanol–water partition coefficient (Wildman–Crippen LogP) is 0.856. The number of piperidine rings is 1. The molecule has 2 rings (SSSR count). The molecule has 2 saturated heterocycles. The molecule has 0 amide bonds. The first-order valence-corrected chi connectivity index (χ1v) is 4.97. The minimum absolute atomic E-state index is 0.766. The van der Waals surface area contributed by atoms with Gasteiger partial charge in [0.2, 0.25) is 0 Å². The van der Waals surface area contributed by atoms with Gasteiger partial charge in [0, 0.05) is 19.1 Å². The van der Waals surface area contributed by atoms with Crippen molar-refractivity contribution in [3.8, 4) is 0 Å². The zero-order valence-electron chi connectivity index (χ0n) is 7.63. The zero-order chi connectivity index (χ0) is 8.39. The van der Waals surface area contributed by atoms with Crippen LogP contribution in [0.3, 0.4) is 0 Å². The number of hydrogen-bond acceptors (Lipinski definition) is 2. The van der Waals surface area contributed by atoms with Gasteiger partial charge in [0.15, 0.2) is 0 Å². The number of rotatable bonds is 3. The van der Waals surface area contributed by atoms with Crippen LogP contribution in [0.2, 0.25) is 0 Å². The molecule has 2 heteroatoms. The van der Waals surface area contributed by atoms with Crippen molar-refractivity contribution < 1.29 is 0 Å². The molecule has 2 fully saturated rings. The Balaban J connectivity index is 1.85. The summed E-state index contributed by atoms with van der Waals surface area (Å²) < 4.78 is 0. The van der Waals surface area contributed by atoms with Crippen molar-refractivity contribution in [2.24, 2.45) is 5.92 Å². The Morgan fingerprint density at radius 2 is 2.25 bits per heavy atom. The summed E-state index contributed by atoms with van der Waals surface area (Å²) >= 11 is 0. The van der Waals surface area contributed by atoms with Crippen LogP contribution in [0.25, 0.3) is 0 Å². The summed E-state index contributed by atoms with van der Waals surface area (Å²) in [4.78, 5) is 2.58. The number of hydrogen-bond donors (Lipinski definition) is 1. The van der Waals surface area contributed by atoms with Gasteiger partial charge in [0.05, 0.1) is 0 Å². The molecule has 0 aromatic heterocycles. The quantitative estimate of drug-likeness (QED) is 0.625. The number of nitrogens with zero attached hydrogens (tertiary/aromatic N) is 1. The van der Waals surface area contributed by atoms with Gasteiger partial charge in [-0.1, -0.05) is 6.08 Å². The lowest BCUT2D eigenvalue weighted by Crippen LogP contribution is -2.43. The van der Waals surface area contributed by atoms with Gasteiger partial charge in [-0.05, 0) is 31.8 Å². The molecule has 0 spiro atoms. The molecule has 2 aliphatic rings. The Bertz CT molecular complexity index is 167. The largest absolute Gasteiger partial charge is 0.310 e. The fourth-order valence-corrected chi connectivity index (χ4v) is 2.45. The van der Waals surface area contributed by atoms with E-state index in [4.69, 9.17) is 0 Å². The van der Waals surface area contributed by atoms with Crippen LogP contribution in [0, 0.1) is 5.92 Å². The molecule has 3 unspecified atom stereocenters. The normalized spacial score (nSPS) is 39.8. The molecule has 0 radical (unpaired) electrons. The highest BCUT2D eigenvalue weighted by atomic mass is 15.2. The molecule has 3 atom stereocenters. The SMILES string of the molecule is C=CCNC1CCN2CCC1C2. The molecule has 12 heavy (non-hydrogen) atoms. The summed E-state index contributed by atoms with van der Waals surface area (Å²) in [5.74, 6) is 0.915. The third kappa shape index (κ3) is 1.54. The van der Waals surface area contributed by atoms with Gasteiger partial charge in [-0.15, -0.1) is 6.58 Å². The van der Waals surface area contributed by atoms with Crippen molar-refractivity contribution in [2.45, 2.75) is 18.9 Å². The van der Waals surface area contributed by atoms with E-state index in [1.54, 1.807) is 0 Å². The van der Waals surface area contributed by atoms with Gasteiger partial charge >= 0.3 is 0 Å². The maximum Gasteiger partial charge on any atom is 0.0135 e. The molecule has 68 valence electrons. The average molecular weight is 166 g/mol.